The minimum Gasteiger partial charge on any atom is -0.395 e. The summed E-state index contributed by atoms with van der Waals surface area (Å²) in [7, 11) is -3.64. The number of nitrogens with zero attached hydrogens (tertiary/aromatic N) is 2. The maximum Gasteiger partial charge on any atom is 0.230 e. The lowest BCUT2D eigenvalue weighted by Crippen LogP contribution is -2.45. The molecule has 0 radical (unpaired) electrons. The summed E-state index contributed by atoms with van der Waals surface area (Å²) < 4.78 is 25.8. The van der Waals surface area contributed by atoms with Crippen LogP contribution < -0.4 is 0 Å². The zero-order chi connectivity index (χ0) is 13.5. The van der Waals surface area contributed by atoms with Crippen molar-refractivity contribution in [2.45, 2.75) is 51.3 Å². The van der Waals surface area contributed by atoms with Crippen molar-refractivity contribution < 1.29 is 13.5 Å². The van der Waals surface area contributed by atoms with Crippen molar-refractivity contribution in [2.75, 3.05) is 13.2 Å². The summed E-state index contributed by atoms with van der Waals surface area (Å²) in [6, 6.07) is 1.68. The van der Waals surface area contributed by atoms with Crippen LogP contribution in [-0.4, -0.2) is 42.3 Å². The molecule has 1 unspecified atom stereocenters. The molecule has 0 rings (SSSR count). The van der Waals surface area contributed by atoms with Crippen molar-refractivity contribution in [2.24, 2.45) is 0 Å². The number of hydrogen-bond donors (Lipinski definition) is 1. The average molecular weight is 262 g/mol. The molecule has 0 aliphatic heterocycles. The summed E-state index contributed by atoms with van der Waals surface area (Å²) in [4.78, 5) is 0. The molecule has 0 amide bonds. The van der Waals surface area contributed by atoms with E-state index in [1.54, 1.807) is 6.92 Å². The number of rotatable bonds is 8. The van der Waals surface area contributed by atoms with Gasteiger partial charge in [0.1, 0.15) is 0 Å². The van der Waals surface area contributed by atoms with Gasteiger partial charge in [0, 0.05) is 12.6 Å². The van der Waals surface area contributed by atoms with Gasteiger partial charge in [-0.25, -0.2) is 8.42 Å². The first-order valence-electron chi connectivity index (χ1n) is 6.00. The third-order valence-electron chi connectivity index (χ3n) is 2.87. The molecule has 0 fully saturated rings. The van der Waals surface area contributed by atoms with Crippen LogP contribution in [0, 0.1) is 11.3 Å². The molecular formula is C11H22N2O3S. The highest BCUT2D eigenvalue weighted by molar-refractivity contribution is 7.90. The van der Waals surface area contributed by atoms with Crippen molar-refractivity contribution in [3.8, 4) is 6.07 Å². The van der Waals surface area contributed by atoms with E-state index in [1.807, 2.05) is 19.9 Å². The molecule has 5 nitrogen and oxygen atoms in total. The first kappa shape index (κ1) is 16.4. The molecule has 17 heavy (non-hydrogen) atoms. The quantitative estimate of drug-likeness (QED) is 0.710. The normalized spacial score (nSPS) is 13.9. The molecule has 0 spiro atoms. The zero-order valence-corrected chi connectivity index (χ0v) is 11.6. The monoisotopic (exact) mass is 262 g/mol. The SMILES string of the molecule is CCC(CC)N(CCO)S(=O)(=O)C(C#N)CC. The van der Waals surface area contributed by atoms with Crippen molar-refractivity contribution in [1.29, 1.82) is 5.26 Å². The third kappa shape index (κ3) is 3.95. The lowest BCUT2D eigenvalue weighted by atomic mass is 10.2. The van der Waals surface area contributed by atoms with Crippen LogP contribution in [0.25, 0.3) is 0 Å². The van der Waals surface area contributed by atoms with E-state index in [9.17, 15) is 8.42 Å². The van der Waals surface area contributed by atoms with E-state index in [1.165, 1.54) is 4.31 Å². The van der Waals surface area contributed by atoms with Crippen LogP contribution in [0.5, 0.6) is 0 Å². The van der Waals surface area contributed by atoms with Gasteiger partial charge >= 0.3 is 0 Å². The number of hydrogen-bond acceptors (Lipinski definition) is 4. The summed E-state index contributed by atoms with van der Waals surface area (Å²) in [6.45, 7) is 5.32. The van der Waals surface area contributed by atoms with Gasteiger partial charge in [-0.15, -0.1) is 0 Å². The second kappa shape index (κ2) is 7.64. The van der Waals surface area contributed by atoms with Crippen molar-refractivity contribution in [1.82, 2.24) is 4.31 Å². The van der Waals surface area contributed by atoms with E-state index in [0.29, 0.717) is 12.8 Å². The van der Waals surface area contributed by atoms with Gasteiger partial charge in [0.2, 0.25) is 10.0 Å². The maximum atomic E-state index is 12.2. The highest BCUT2D eigenvalue weighted by atomic mass is 32.2. The Morgan fingerprint density at radius 3 is 2.06 bits per heavy atom. The molecule has 0 saturated heterocycles. The van der Waals surface area contributed by atoms with Crippen molar-refractivity contribution in [3.05, 3.63) is 0 Å². The van der Waals surface area contributed by atoms with E-state index in [-0.39, 0.29) is 25.6 Å². The fourth-order valence-electron chi connectivity index (χ4n) is 1.84. The molecule has 0 heterocycles. The molecule has 1 N–H and O–H groups in total. The first-order valence-corrected chi connectivity index (χ1v) is 7.50. The molecule has 1 atom stereocenters. The number of nitriles is 1. The summed E-state index contributed by atoms with van der Waals surface area (Å²) >= 11 is 0. The van der Waals surface area contributed by atoms with E-state index >= 15 is 0 Å². The van der Waals surface area contributed by atoms with Gasteiger partial charge in [0.25, 0.3) is 0 Å². The van der Waals surface area contributed by atoms with E-state index in [4.69, 9.17) is 10.4 Å². The Bertz CT molecular complexity index is 344. The molecule has 0 saturated carbocycles. The van der Waals surface area contributed by atoms with Gasteiger partial charge in [-0.05, 0) is 19.3 Å². The smallest absolute Gasteiger partial charge is 0.230 e. The average Bonchev–Trinajstić information content (AvgIpc) is 2.30. The molecule has 0 aromatic heterocycles. The Labute approximate surface area is 104 Å². The summed E-state index contributed by atoms with van der Waals surface area (Å²) in [6.07, 6.45) is 1.62. The van der Waals surface area contributed by atoms with Crippen LogP contribution in [0.1, 0.15) is 40.0 Å². The maximum absolute atomic E-state index is 12.2. The van der Waals surface area contributed by atoms with Crippen LogP contribution in [0.3, 0.4) is 0 Å². The van der Waals surface area contributed by atoms with Crippen LogP contribution in [0.15, 0.2) is 0 Å². The molecule has 0 aliphatic rings. The van der Waals surface area contributed by atoms with Crippen LogP contribution in [0.2, 0.25) is 0 Å². The van der Waals surface area contributed by atoms with E-state index < -0.39 is 15.3 Å². The predicted octanol–water partition coefficient (Wildman–Crippen LogP) is 1.10. The fourth-order valence-corrected chi connectivity index (χ4v) is 3.78. The molecular weight excluding hydrogens is 240 g/mol. The largest absolute Gasteiger partial charge is 0.395 e. The number of aliphatic hydroxyl groups excluding tert-OH is 1. The van der Waals surface area contributed by atoms with Gasteiger partial charge in [-0.2, -0.15) is 9.57 Å². The Kier molecular flexibility index (Phi) is 7.35. The standard InChI is InChI=1S/C11H22N2O3S/c1-4-10(5-2)13(7-8-14)17(15,16)11(6-3)9-12/h10-11,14H,4-8H2,1-3H3. The number of aliphatic hydroxyl groups is 1. The van der Waals surface area contributed by atoms with E-state index in [2.05, 4.69) is 0 Å². The Morgan fingerprint density at radius 2 is 1.76 bits per heavy atom. The Balaban J connectivity index is 5.24. The highest BCUT2D eigenvalue weighted by Gasteiger charge is 2.34. The topological polar surface area (TPSA) is 81.4 Å². The molecule has 6 heteroatoms. The third-order valence-corrected chi connectivity index (χ3v) is 5.16. The fraction of sp³-hybridized carbons (Fsp3) is 0.909. The predicted molar refractivity (Wildman–Crippen MR) is 66.8 cm³/mol. The van der Waals surface area contributed by atoms with Gasteiger partial charge < -0.3 is 5.11 Å². The molecule has 0 bridgehead atoms. The molecule has 0 aromatic rings. The van der Waals surface area contributed by atoms with Crippen molar-refractivity contribution in [3.63, 3.8) is 0 Å². The molecule has 100 valence electrons. The second-order valence-corrected chi connectivity index (χ2v) is 5.94. The van der Waals surface area contributed by atoms with Gasteiger partial charge in [0.15, 0.2) is 5.25 Å². The van der Waals surface area contributed by atoms with Gasteiger partial charge in [-0.3, -0.25) is 0 Å². The highest BCUT2D eigenvalue weighted by Crippen LogP contribution is 2.18. The molecule has 0 aliphatic carbocycles. The summed E-state index contributed by atoms with van der Waals surface area (Å²) in [5.74, 6) is 0. The van der Waals surface area contributed by atoms with Crippen LogP contribution >= 0.6 is 0 Å². The second-order valence-electron chi connectivity index (χ2n) is 3.88. The first-order chi connectivity index (χ1) is 7.99. The summed E-state index contributed by atoms with van der Waals surface area (Å²) in [5, 5.41) is 16.8. The van der Waals surface area contributed by atoms with Gasteiger partial charge in [-0.1, -0.05) is 20.8 Å². The van der Waals surface area contributed by atoms with E-state index in [0.717, 1.165) is 0 Å². The zero-order valence-electron chi connectivity index (χ0n) is 10.8. The lowest BCUT2D eigenvalue weighted by molar-refractivity contribution is 0.219. The van der Waals surface area contributed by atoms with Crippen LogP contribution in [-0.2, 0) is 10.0 Å². The Morgan fingerprint density at radius 1 is 1.24 bits per heavy atom. The summed E-state index contributed by atoms with van der Waals surface area (Å²) in [5.41, 5.74) is 0. The minimum atomic E-state index is -3.64. The Hall–Kier alpha value is -0.640. The lowest BCUT2D eigenvalue weighted by Gasteiger charge is -2.30. The van der Waals surface area contributed by atoms with Gasteiger partial charge in [0.05, 0.1) is 12.7 Å². The van der Waals surface area contributed by atoms with Crippen molar-refractivity contribution >= 4 is 10.0 Å². The number of sulfonamides is 1. The minimum absolute atomic E-state index is 0.0624. The molecule has 0 aromatic carbocycles. The van der Waals surface area contributed by atoms with Crippen LogP contribution in [0.4, 0.5) is 0 Å².